The fourth-order valence-corrected chi connectivity index (χ4v) is 2.74. The number of rotatable bonds is 7. The highest BCUT2D eigenvalue weighted by Gasteiger charge is 2.19. The minimum atomic E-state index is -0.558. The van der Waals surface area contributed by atoms with Crippen LogP contribution in [0.5, 0.6) is 0 Å². The summed E-state index contributed by atoms with van der Waals surface area (Å²) in [5, 5.41) is 9.92. The van der Waals surface area contributed by atoms with E-state index in [9.17, 15) is 9.59 Å². The lowest BCUT2D eigenvalue weighted by Gasteiger charge is -2.23. The number of alkyl carbamates (subject to hydrolysis) is 1. The molecular formula is C21H30N4O3. The van der Waals surface area contributed by atoms with Gasteiger partial charge in [0.15, 0.2) is 0 Å². The second-order valence-corrected chi connectivity index (χ2v) is 8.18. The highest BCUT2D eigenvalue weighted by Crippen LogP contribution is 2.11. The minimum Gasteiger partial charge on any atom is -0.444 e. The lowest BCUT2D eigenvalue weighted by atomic mass is 10.0. The fraction of sp³-hybridized carbons (Fsp3) is 0.476. The second-order valence-electron chi connectivity index (χ2n) is 8.18. The van der Waals surface area contributed by atoms with Crippen LogP contribution in [0, 0.1) is 5.92 Å². The molecule has 7 heteroatoms. The van der Waals surface area contributed by atoms with Gasteiger partial charge in [-0.1, -0.05) is 13.8 Å². The predicted molar refractivity (Wildman–Crippen MR) is 109 cm³/mol. The molecule has 0 saturated carbocycles. The Morgan fingerprint density at radius 1 is 1.18 bits per heavy atom. The Kier molecular flexibility index (Phi) is 7.20. The van der Waals surface area contributed by atoms with Gasteiger partial charge < -0.3 is 15.4 Å². The van der Waals surface area contributed by atoms with E-state index in [0.29, 0.717) is 18.0 Å². The van der Waals surface area contributed by atoms with Crippen LogP contribution in [-0.4, -0.2) is 40.0 Å². The quantitative estimate of drug-likeness (QED) is 0.762. The first-order valence-electron chi connectivity index (χ1n) is 9.52. The Morgan fingerprint density at radius 3 is 2.39 bits per heavy atom. The van der Waals surface area contributed by atoms with Crippen molar-refractivity contribution in [2.24, 2.45) is 5.92 Å². The van der Waals surface area contributed by atoms with Crippen LogP contribution >= 0.6 is 0 Å². The van der Waals surface area contributed by atoms with Crippen LogP contribution in [0.25, 0.3) is 5.69 Å². The van der Waals surface area contributed by atoms with Gasteiger partial charge >= 0.3 is 6.09 Å². The summed E-state index contributed by atoms with van der Waals surface area (Å²) in [6.45, 7) is 9.90. The van der Waals surface area contributed by atoms with Gasteiger partial charge in [0.05, 0.1) is 5.69 Å². The Labute approximate surface area is 166 Å². The zero-order valence-electron chi connectivity index (χ0n) is 17.2. The number of carbonyl (C=O) groups is 2. The van der Waals surface area contributed by atoms with Gasteiger partial charge in [0.1, 0.15) is 5.60 Å². The summed E-state index contributed by atoms with van der Waals surface area (Å²) in [6.07, 6.45) is 3.80. The van der Waals surface area contributed by atoms with Crippen LogP contribution in [0.1, 0.15) is 51.4 Å². The Balaban J connectivity index is 1.97. The number of ether oxygens (including phenoxy) is 1. The molecule has 28 heavy (non-hydrogen) atoms. The first-order valence-corrected chi connectivity index (χ1v) is 9.52. The first-order chi connectivity index (χ1) is 13.1. The topological polar surface area (TPSA) is 85.3 Å². The summed E-state index contributed by atoms with van der Waals surface area (Å²) in [6, 6.07) is 8.87. The van der Waals surface area contributed by atoms with Crippen molar-refractivity contribution in [3.05, 3.63) is 48.3 Å². The van der Waals surface area contributed by atoms with E-state index in [2.05, 4.69) is 29.6 Å². The summed E-state index contributed by atoms with van der Waals surface area (Å²) < 4.78 is 6.99. The second kappa shape index (κ2) is 9.39. The highest BCUT2D eigenvalue weighted by molar-refractivity contribution is 5.94. The Morgan fingerprint density at radius 2 is 1.86 bits per heavy atom. The van der Waals surface area contributed by atoms with E-state index in [-0.39, 0.29) is 11.9 Å². The molecular weight excluding hydrogens is 356 g/mol. The number of amides is 2. The van der Waals surface area contributed by atoms with E-state index in [1.54, 1.807) is 23.0 Å². The molecule has 0 aliphatic carbocycles. The molecule has 0 spiro atoms. The number of nitrogens with one attached hydrogen (secondary N) is 2. The van der Waals surface area contributed by atoms with Crippen molar-refractivity contribution in [3.63, 3.8) is 0 Å². The van der Waals surface area contributed by atoms with Crippen LogP contribution in [0.4, 0.5) is 4.79 Å². The van der Waals surface area contributed by atoms with Gasteiger partial charge in [-0.3, -0.25) is 4.79 Å². The molecule has 152 valence electrons. The van der Waals surface area contributed by atoms with Crippen molar-refractivity contribution in [2.75, 3.05) is 6.54 Å². The zero-order valence-corrected chi connectivity index (χ0v) is 17.2. The zero-order chi connectivity index (χ0) is 20.7. The third-order valence-corrected chi connectivity index (χ3v) is 3.88. The van der Waals surface area contributed by atoms with Crippen molar-refractivity contribution in [1.29, 1.82) is 0 Å². The van der Waals surface area contributed by atoms with Gasteiger partial charge in [0, 0.05) is 30.5 Å². The number of carbonyl (C=O) groups excluding carboxylic acids is 2. The summed E-state index contributed by atoms with van der Waals surface area (Å²) in [7, 11) is 0. The van der Waals surface area contributed by atoms with E-state index in [0.717, 1.165) is 12.1 Å². The maximum absolute atomic E-state index is 12.6. The van der Waals surface area contributed by atoms with Gasteiger partial charge in [-0.2, -0.15) is 5.10 Å². The number of hydrogen-bond acceptors (Lipinski definition) is 4. The lowest BCUT2D eigenvalue weighted by molar-refractivity contribution is 0.0518. The highest BCUT2D eigenvalue weighted by atomic mass is 16.6. The molecule has 2 aromatic rings. The van der Waals surface area contributed by atoms with Crippen molar-refractivity contribution >= 4 is 12.0 Å². The predicted octanol–water partition coefficient (Wildman–Crippen LogP) is 3.54. The van der Waals surface area contributed by atoms with Crippen LogP contribution in [0.2, 0.25) is 0 Å². The molecule has 1 aromatic heterocycles. The molecule has 1 heterocycles. The maximum Gasteiger partial charge on any atom is 0.407 e. The average Bonchev–Trinajstić information content (AvgIpc) is 3.12. The molecule has 2 N–H and O–H groups in total. The van der Waals surface area contributed by atoms with E-state index in [4.69, 9.17) is 4.74 Å². The summed E-state index contributed by atoms with van der Waals surface area (Å²) in [4.78, 5) is 24.5. The molecule has 0 radical (unpaired) electrons. The molecule has 0 aliphatic rings. The molecule has 2 rings (SSSR count). The van der Waals surface area contributed by atoms with Crippen molar-refractivity contribution < 1.29 is 14.3 Å². The Bertz CT molecular complexity index is 762. The SMILES string of the molecule is CC(C)CC(CNC(=O)OC(C)(C)C)NC(=O)c1ccc(-n2cccn2)cc1. The van der Waals surface area contributed by atoms with Gasteiger partial charge in [0.25, 0.3) is 5.91 Å². The summed E-state index contributed by atoms with van der Waals surface area (Å²) >= 11 is 0. The van der Waals surface area contributed by atoms with Gasteiger partial charge in [-0.05, 0) is 63.4 Å². The monoisotopic (exact) mass is 386 g/mol. The lowest BCUT2D eigenvalue weighted by Crippen LogP contribution is -2.45. The standard InChI is InChI=1S/C21H30N4O3/c1-15(2)13-17(14-22-20(27)28-21(3,4)5)24-19(26)16-7-9-18(10-8-16)25-12-6-11-23-25/h6-12,15,17H,13-14H2,1-5H3,(H,22,27)(H,24,26). The molecule has 0 saturated heterocycles. The molecule has 0 bridgehead atoms. The van der Waals surface area contributed by atoms with Gasteiger partial charge in [-0.15, -0.1) is 0 Å². The minimum absolute atomic E-state index is 0.177. The molecule has 0 fully saturated rings. The number of aromatic nitrogens is 2. The van der Waals surface area contributed by atoms with E-state index in [1.165, 1.54) is 0 Å². The Hall–Kier alpha value is -2.83. The number of nitrogens with zero attached hydrogens (tertiary/aromatic N) is 2. The number of hydrogen-bond donors (Lipinski definition) is 2. The van der Waals surface area contributed by atoms with Crippen molar-refractivity contribution in [3.8, 4) is 5.69 Å². The van der Waals surface area contributed by atoms with Crippen molar-refractivity contribution in [2.45, 2.75) is 52.7 Å². The average molecular weight is 386 g/mol. The molecule has 1 unspecified atom stereocenters. The summed E-state index contributed by atoms with van der Waals surface area (Å²) in [5.74, 6) is 0.191. The van der Waals surface area contributed by atoms with Gasteiger partial charge in [-0.25, -0.2) is 9.48 Å². The van der Waals surface area contributed by atoms with Gasteiger partial charge in [0.2, 0.25) is 0 Å². The van der Waals surface area contributed by atoms with Crippen LogP contribution < -0.4 is 10.6 Å². The van der Waals surface area contributed by atoms with E-state index in [1.807, 2.05) is 45.2 Å². The van der Waals surface area contributed by atoms with E-state index >= 15 is 0 Å². The molecule has 7 nitrogen and oxygen atoms in total. The smallest absolute Gasteiger partial charge is 0.407 e. The fourth-order valence-electron chi connectivity index (χ4n) is 2.74. The third-order valence-electron chi connectivity index (χ3n) is 3.88. The molecule has 2 amide bonds. The van der Waals surface area contributed by atoms with Crippen LogP contribution in [0.3, 0.4) is 0 Å². The number of benzene rings is 1. The largest absolute Gasteiger partial charge is 0.444 e. The molecule has 0 aliphatic heterocycles. The van der Waals surface area contributed by atoms with Crippen molar-refractivity contribution in [1.82, 2.24) is 20.4 Å². The summed E-state index contributed by atoms with van der Waals surface area (Å²) in [5.41, 5.74) is 0.880. The van der Waals surface area contributed by atoms with Crippen LogP contribution in [-0.2, 0) is 4.74 Å². The van der Waals surface area contributed by atoms with Crippen LogP contribution in [0.15, 0.2) is 42.7 Å². The van der Waals surface area contributed by atoms with E-state index < -0.39 is 11.7 Å². The molecule has 1 aromatic carbocycles. The molecule has 1 atom stereocenters. The maximum atomic E-state index is 12.6. The normalized spacial score (nSPS) is 12.5. The third kappa shape index (κ3) is 7.06. The first kappa shape index (κ1) is 21.5.